The summed E-state index contributed by atoms with van der Waals surface area (Å²) in [6.07, 6.45) is -0.951. The monoisotopic (exact) mass is 277 g/mol. The molecule has 0 unspecified atom stereocenters. The number of hydrogen-bond acceptors (Lipinski definition) is 2. The minimum atomic E-state index is -4.33. The first-order valence-electron chi connectivity index (χ1n) is 5.78. The van der Waals surface area contributed by atoms with Crippen LogP contribution in [0.1, 0.15) is 16.7 Å². The molecule has 0 saturated carbocycles. The Morgan fingerprint density at radius 1 is 0.900 bits per heavy atom. The molecule has 5 heteroatoms. The zero-order valence-electron chi connectivity index (χ0n) is 10.3. The molecular formula is C15H10F3NO. The van der Waals surface area contributed by atoms with Crippen molar-refractivity contribution in [3.05, 3.63) is 70.1 Å². The zero-order chi connectivity index (χ0) is 14.6. The van der Waals surface area contributed by atoms with Crippen LogP contribution in [-0.2, 0) is 6.18 Å². The van der Waals surface area contributed by atoms with E-state index in [1.54, 1.807) is 36.4 Å². The van der Waals surface area contributed by atoms with E-state index in [2.05, 4.69) is 5.18 Å². The van der Waals surface area contributed by atoms with Crippen LogP contribution in [0.2, 0.25) is 0 Å². The normalized spacial score (nSPS) is 11.8. The van der Waals surface area contributed by atoms with E-state index in [9.17, 15) is 18.1 Å². The molecule has 0 aliphatic carbocycles. The second-order valence-electron chi connectivity index (χ2n) is 4.14. The highest BCUT2D eigenvalue weighted by Gasteiger charge is 2.29. The van der Waals surface area contributed by atoms with Crippen LogP contribution in [0.3, 0.4) is 0 Å². The average molecular weight is 277 g/mol. The van der Waals surface area contributed by atoms with Gasteiger partial charge in [-0.25, -0.2) is 0 Å². The Balaban J connectivity index is 2.17. The Hall–Kier alpha value is -2.43. The third-order valence-electron chi connectivity index (χ3n) is 2.68. The number of alkyl halides is 3. The number of halogens is 3. The summed E-state index contributed by atoms with van der Waals surface area (Å²) in [6, 6.07) is 11.5. The van der Waals surface area contributed by atoms with Gasteiger partial charge in [0.25, 0.3) is 0 Å². The molecule has 2 aromatic carbocycles. The fraction of sp³-hybridized carbons (Fsp3) is 0.0667. The van der Waals surface area contributed by atoms with Crippen LogP contribution in [0, 0.1) is 4.91 Å². The van der Waals surface area contributed by atoms with Gasteiger partial charge in [0.15, 0.2) is 0 Å². The summed E-state index contributed by atoms with van der Waals surface area (Å²) >= 11 is 0. The van der Waals surface area contributed by atoms with Gasteiger partial charge in [0.2, 0.25) is 0 Å². The van der Waals surface area contributed by atoms with Gasteiger partial charge in [-0.1, -0.05) is 36.4 Å². The zero-order valence-corrected chi connectivity index (χ0v) is 10.3. The van der Waals surface area contributed by atoms with Crippen molar-refractivity contribution in [3.8, 4) is 0 Å². The van der Waals surface area contributed by atoms with Gasteiger partial charge in [-0.15, -0.1) is 4.91 Å². The Kier molecular flexibility index (Phi) is 3.98. The number of nitroso groups, excluding NO2 is 1. The lowest BCUT2D eigenvalue weighted by molar-refractivity contribution is -0.137. The molecule has 2 rings (SSSR count). The van der Waals surface area contributed by atoms with Gasteiger partial charge < -0.3 is 0 Å². The van der Waals surface area contributed by atoms with Crippen LogP contribution in [0.5, 0.6) is 0 Å². The molecule has 0 bridgehead atoms. The van der Waals surface area contributed by atoms with Crippen molar-refractivity contribution < 1.29 is 13.2 Å². The molecule has 0 radical (unpaired) electrons. The maximum absolute atomic E-state index is 12.4. The van der Waals surface area contributed by atoms with Gasteiger partial charge in [0, 0.05) is 0 Å². The van der Waals surface area contributed by atoms with E-state index in [0.29, 0.717) is 11.3 Å². The van der Waals surface area contributed by atoms with Gasteiger partial charge >= 0.3 is 6.18 Å². The van der Waals surface area contributed by atoms with Crippen molar-refractivity contribution in [3.63, 3.8) is 0 Å². The molecular weight excluding hydrogens is 267 g/mol. The van der Waals surface area contributed by atoms with Crippen LogP contribution in [0.15, 0.2) is 53.7 Å². The summed E-state index contributed by atoms with van der Waals surface area (Å²) in [5.74, 6) is 0. The maximum Gasteiger partial charge on any atom is 0.416 e. The number of rotatable bonds is 3. The third-order valence-corrected chi connectivity index (χ3v) is 2.68. The standard InChI is InChI=1S/C15H10F3NO/c16-15(17,18)13-8-6-11(7-9-13)4-5-12-2-1-3-14(10-12)19-20/h1-10H/b5-4+. The molecule has 0 aromatic heterocycles. The molecule has 0 spiro atoms. The van der Waals surface area contributed by atoms with Crippen LogP contribution in [0.25, 0.3) is 12.2 Å². The lowest BCUT2D eigenvalue weighted by Crippen LogP contribution is -2.03. The Morgan fingerprint density at radius 3 is 2.15 bits per heavy atom. The summed E-state index contributed by atoms with van der Waals surface area (Å²) < 4.78 is 37.2. The van der Waals surface area contributed by atoms with Crippen LogP contribution < -0.4 is 0 Å². The predicted molar refractivity (Wildman–Crippen MR) is 72.3 cm³/mol. The molecule has 102 valence electrons. The molecule has 0 heterocycles. The van der Waals surface area contributed by atoms with E-state index < -0.39 is 11.7 Å². The molecule has 20 heavy (non-hydrogen) atoms. The first-order chi connectivity index (χ1) is 9.49. The van der Waals surface area contributed by atoms with Crippen molar-refractivity contribution in [2.24, 2.45) is 5.18 Å². The molecule has 0 saturated heterocycles. The quantitative estimate of drug-likeness (QED) is 0.554. The number of nitrogens with zero attached hydrogens (tertiary/aromatic N) is 1. The molecule has 0 fully saturated rings. The van der Waals surface area contributed by atoms with Gasteiger partial charge in [-0.2, -0.15) is 13.2 Å². The Labute approximate surface area is 113 Å². The molecule has 0 N–H and O–H groups in total. The molecule has 2 nitrogen and oxygen atoms in total. The minimum absolute atomic E-state index is 0.305. The van der Waals surface area contributed by atoms with Gasteiger partial charge in [0.05, 0.1) is 5.56 Å². The van der Waals surface area contributed by atoms with E-state index in [-0.39, 0.29) is 0 Å². The molecule has 2 aromatic rings. The molecule has 0 atom stereocenters. The second kappa shape index (κ2) is 5.69. The minimum Gasteiger partial charge on any atom is -0.166 e. The van der Waals surface area contributed by atoms with Crippen molar-refractivity contribution in [1.82, 2.24) is 0 Å². The predicted octanol–water partition coefficient (Wildman–Crippen LogP) is 5.27. The fourth-order valence-electron chi connectivity index (χ4n) is 1.66. The van der Waals surface area contributed by atoms with E-state index >= 15 is 0 Å². The lowest BCUT2D eigenvalue weighted by Gasteiger charge is -2.05. The van der Waals surface area contributed by atoms with Crippen LogP contribution in [-0.4, -0.2) is 0 Å². The van der Waals surface area contributed by atoms with E-state index in [4.69, 9.17) is 0 Å². The number of hydrogen-bond donors (Lipinski definition) is 0. The van der Waals surface area contributed by atoms with Crippen molar-refractivity contribution in [2.45, 2.75) is 6.18 Å². The van der Waals surface area contributed by atoms with Gasteiger partial charge in [-0.05, 0) is 40.6 Å². The summed E-state index contributed by atoms with van der Waals surface area (Å²) in [5, 5.41) is 2.82. The Morgan fingerprint density at radius 2 is 1.55 bits per heavy atom. The summed E-state index contributed by atoms with van der Waals surface area (Å²) in [6.45, 7) is 0. The van der Waals surface area contributed by atoms with Crippen molar-refractivity contribution >= 4 is 17.8 Å². The smallest absolute Gasteiger partial charge is 0.166 e. The molecule has 0 amide bonds. The van der Waals surface area contributed by atoms with Crippen molar-refractivity contribution in [2.75, 3.05) is 0 Å². The van der Waals surface area contributed by atoms with Gasteiger partial charge in [-0.3, -0.25) is 0 Å². The second-order valence-corrected chi connectivity index (χ2v) is 4.14. The SMILES string of the molecule is O=Nc1cccc(/C=C/c2ccc(C(F)(F)F)cc2)c1. The van der Waals surface area contributed by atoms with E-state index in [1.165, 1.54) is 12.1 Å². The summed E-state index contributed by atoms with van der Waals surface area (Å²) in [4.78, 5) is 10.4. The van der Waals surface area contributed by atoms with Crippen molar-refractivity contribution in [1.29, 1.82) is 0 Å². The largest absolute Gasteiger partial charge is 0.416 e. The highest BCUT2D eigenvalue weighted by molar-refractivity contribution is 5.71. The van der Waals surface area contributed by atoms with E-state index in [0.717, 1.165) is 17.7 Å². The molecule has 0 aliphatic heterocycles. The lowest BCUT2D eigenvalue weighted by atomic mass is 10.1. The van der Waals surface area contributed by atoms with Crippen LogP contribution >= 0.6 is 0 Å². The third kappa shape index (κ3) is 3.54. The summed E-state index contributed by atoms with van der Waals surface area (Å²) in [5.41, 5.74) is 1.02. The van der Waals surface area contributed by atoms with Crippen LogP contribution in [0.4, 0.5) is 18.9 Å². The number of benzene rings is 2. The highest BCUT2D eigenvalue weighted by Crippen LogP contribution is 2.29. The first kappa shape index (κ1) is 14.0. The van der Waals surface area contributed by atoms with Gasteiger partial charge in [0.1, 0.15) is 5.69 Å². The molecule has 0 aliphatic rings. The maximum atomic E-state index is 12.4. The summed E-state index contributed by atoms with van der Waals surface area (Å²) in [7, 11) is 0. The first-order valence-corrected chi connectivity index (χ1v) is 5.78. The van der Waals surface area contributed by atoms with E-state index in [1.807, 2.05) is 0 Å². The Bertz CT molecular complexity index is 630. The topological polar surface area (TPSA) is 29.4 Å². The average Bonchev–Trinajstić information content (AvgIpc) is 2.45. The fourth-order valence-corrected chi connectivity index (χ4v) is 1.66. The highest BCUT2D eigenvalue weighted by atomic mass is 19.4.